The molecule has 41 heavy (non-hydrogen) atoms. The van der Waals surface area contributed by atoms with Gasteiger partial charge >= 0.3 is 28.8 Å². The second-order valence-electron chi connectivity index (χ2n) is 11.6. The molecular weight excluding hydrogens is 591 g/mol. The van der Waals surface area contributed by atoms with Crippen molar-refractivity contribution in [3.63, 3.8) is 0 Å². The number of unbranched alkanes of at least 4 members (excludes halogenated alkanes) is 11. The van der Waals surface area contributed by atoms with Crippen LogP contribution in [-0.4, -0.2) is 4.70 Å². The summed E-state index contributed by atoms with van der Waals surface area (Å²) >= 11 is 0.950. The van der Waals surface area contributed by atoms with Gasteiger partial charge in [-0.1, -0.05) is 116 Å². The quantitative estimate of drug-likeness (QED) is 0.0822. The molecule has 0 atom stereocenters. The first-order valence-corrected chi connectivity index (χ1v) is 19.5. The van der Waals surface area contributed by atoms with E-state index < -0.39 is 0 Å². The van der Waals surface area contributed by atoms with Crippen LogP contribution in [0.25, 0.3) is 16.9 Å². The molecule has 0 aromatic heterocycles. The summed E-state index contributed by atoms with van der Waals surface area (Å²) in [4.78, 5) is 0. The molecule has 2 aromatic rings. The molecule has 0 spiro atoms. The minimum absolute atomic E-state index is 0.914. The Morgan fingerprint density at radius 1 is 0.585 bits per heavy atom. The summed E-state index contributed by atoms with van der Waals surface area (Å²) in [6.07, 6.45) is 23.5. The van der Waals surface area contributed by atoms with Crippen molar-refractivity contribution < 1.29 is 22.7 Å². The number of rotatable bonds is 19. The molecule has 2 nitrogen and oxygen atoms in total. The van der Waals surface area contributed by atoms with Gasteiger partial charge in [0.25, 0.3) is 0 Å². The van der Waals surface area contributed by atoms with Gasteiger partial charge in [0.2, 0.25) is 11.4 Å². The van der Waals surface area contributed by atoms with Crippen LogP contribution in [0.15, 0.2) is 60.2 Å². The molecule has 0 unspecified atom stereocenters. The number of aryl methyl sites for hydroxylation is 2. The van der Waals surface area contributed by atoms with Crippen LogP contribution in [0.4, 0.5) is 0 Å². The second kappa shape index (κ2) is 21.8. The summed E-state index contributed by atoms with van der Waals surface area (Å²) in [5.74, 6) is 0. The van der Waals surface area contributed by atoms with Crippen LogP contribution in [0, 0.1) is 0 Å². The maximum absolute atomic E-state index is 11.5. The van der Waals surface area contributed by atoms with E-state index in [9.17, 15) is 5.53 Å². The van der Waals surface area contributed by atoms with Crippen molar-refractivity contribution in [2.45, 2.75) is 141 Å². The molecule has 0 bridgehead atoms. The van der Waals surface area contributed by atoms with E-state index in [1.807, 2.05) is 0 Å². The molecule has 1 heterocycles. The zero-order valence-electron chi connectivity index (χ0n) is 26.9. The van der Waals surface area contributed by atoms with Crippen molar-refractivity contribution in [3.05, 3.63) is 88.0 Å². The second-order valence-corrected chi connectivity index (χ2v) is 13.1. The summed E-state index contributed by atoms with van der Waals surface area (Å²) in [5.41, 5.74) is 19.6. The molecule has 0 radical (unpaired) electrons. The Morgan fingerprint density at radius 2 is 1.05 bits per heavy atom. The third-order valence-corrected chi connectivity index (χ3v) is 7.92. The van der Waals surface area contributed by atoms with Crippen LogP contribution in [0.5, 0.6) is 0 Å². The van der Waals surface area contributed by atoms with Gasteiger partial charge in [-0.2, -0.15) is 0 Å². The van der Waals surface area contributed by atoms with Crippen LogP contribution in [0.1, 0.15) is 139 Å². The number of hydrogen-bond acceptors (Lipinski definition) is 0. The molecule has 0 aliphatic carbocycles. The van der Waals surface area contributed by atoms with Gasteiger partial charge in [-0.15, -0.1) is 0 Å². The van der Waals surface area contributed by atoms with Gasteiger partial charge in [0.05, 0.1) is 0 Å². The van der Waals surface area contributed by atoms with Crippen molar-refractivity contribution in [3.8, 4) is 0 Å². The van der Waals surface area contributed by atoms with E-state index in [1.165, 1.54) is 98.4 Å². The SMILES string of the molecule is CCCCCCCCc1cccc(C2=CC(CCCC)=C(c3cccc(CCCCCCCC)c3)[N+]2=[N-])c1.[CH3][Pd][CH3]. The number of hydrogen-bond donors (Lipinski definition) is 0. The summed E-state index contributed by atoms with van der Waals surface area (Å²) < 4.78 is 1.47. The van der Waals surface area contributed by atoms with Crippen molar-refractivity contribution in [1.82, 2.24) is 0 Å². The first kappa shape index (κ1) is 35.4. The van der Waals surface area contributed by atoms with Crippen LogP contribution < -0.4 is 0 Å². The normalized spacial score (nSPS) is 13.0. The first-order chi connectivity index (χ1) is 20.1. The summed E-state index contributed by atoms with van der Waals surface area (Å²) in [6.45, 7) is 6.79. The molecule has 3 rings (SSSR count). The van der Waals surface area contributed by atoms with Crippen LogP contribution in [0.3, 0.4) is 0 Å². The van der Waals surface area contributed by atoms with Gasteiger partial charge in [-0.3, -0.25) is 0 Å². The Hall–Kier alpha value is -1.82. The van der Waals surface area contributed by atoms with E-state index in [2.05, 4.69) is 86.2 Å². The number of benzene rings is 2. The fourth-order valence-electron chi connectivity index (χ4n) is 5.60. The van der Waals surface area contributed by atoms with E-state index in [1.54, 1.807) is 0 Å². The van der Waals surface area contributed by atoms with Crippen molar-refractivity contribution in [2.75, 3.05) is 0 Å². The monoisotopic (exact) mass is 648 g/mol. The Bertz CT molecular complexity index is 1080. The Kier molecular flexibility index (Phi) is 18.8. The van der Waals surface area contributed by atoms with Crippen molar-refractivity contribution >= 4 is 11.4 Å². The summed E-state index contributed by atoms with van der Waals surface area (Å²) in [7, 11) is 0. The van der Waals surface area contributed by atoms with E-state index in [-0.39, 0.29) is 0 Å². The van der Waals surface area contributed by atoms with E-state index in [4.69, 9.17) is 0 Å². The van der Waals surface area contributed by atoms with Gasteiger partial charge in [0.15, 0.2) is 0 Å². The Labute approximate surface area is 261 Å². The minimum atomic E-state index is 0.914. The van der Waals surface area contributed by atoms with E-state index >= 15 is 0 Å². The van der Waals surface area contributed by atoms with Gasteiger partial charge < -0.3 is 5.53 Å². The average Bonchev–Trinajstić information content (AvgIpc) is 3.32. The molecule has 0 saturated carbocycles. The predicted octanol–water partition coefficient (Wildman–Crippen LogP) is 12.6. The maximum atomic E-state index is 11.5. The fraction of sp³-hybridized carbons (Fsp3) is 0.579. The molecule has 1 aliphatic rings. The third-order valence-electron chi connectivity index (χ3n) is 7.92. The molecule has 230 valence electrons. The predicted molar refractivity (Wildman–Crippen MR) is 177 cm³/mol. The number of allylic oxidation sites excluding steroid dienone is 2. The van der Waals surface area contributed by atoms with E-state index in [0.717, 1.165) is 72.6 Å². The third kappa shape index (κ3) is 12.9. The zero-order chi connectivity index (χ0) is 29.7. The average molecular weight is 649 g/mol. The standard InChI is InChI=1S/C36H52N2.2CH3.Pd/c1-4-7-10-12-14-16-20-30-22-18-25-32(27-30)35-29-34(24-9-6-3)36(38(35)37)33-26-19-23-31(28-33)21-17-15-13-11-8-5-2;;;/h18-19,22-23,25-29H,4-17,20-21,24H2,1-3H3;2*1H3;. The van der Waals surface area contributed by atoms with Gasteiger partial charge in [-0.05, 0) is 73.9 Å². The topological polar surface area (TPSA) is 25.3 Å². The Morgan fingerprint density at radius 3 is 1.59 bits per heavy atom. The molecule has 0 amide bonds. The molecule has 3 heteroatoms. The van der Waals surface area contributed by atoms with Crippen molar-refractivity contribution in [2.24, 2.45) is 0 Å². The van der Waals surface area contributed by atoms with Crippen LogP contribution in [-0.2, 0) is 30.8 Å². The molecule has 0 N–H and O–H groups in total. The van der Waals surface area contributed by atoms with Crippen LogP contribution >= 0.6 is 0 Å². The molecular formula is C38H58N2Pd. The van der Waals surface area contributed by atoms with E-state index in [0.29, 0.717) is 0 Å². The van der Waals surface area contributed by atoms with Gasteiger partial charge in [-0.25, -0.2) is 4.70 Å². The Balaban J connectivity index is 0.00000187. The summed E-state index contributed by atoms with van der Waals surface area (Å²) in [6, 6.07) is 17.7. The first-order valence-electron chi connectivity index (χ1n) is 16.4. The van der Waals surface area contributed by atoms with Gasteiger partial charge in [0.1, 0.15) is 0 Å². The molecule has 0 fully saturated rings. The zero-order valence-corrected chi connectivity index (χ0v) is 28.5. The van der Waals surface area contributed by atoms with Crippen LogP contribution in [0.2, 0.25) is 10.8 Å². The molecule has 1 aliphatic heterocycles. The molecule has 2 aromatic carbocycles. The van der Waals surface area contributed by atoms with Gasteiger partial charge in [0, 0.05) is 22.8 Å². The molecule has 0 saturated heterocycles. The van der Waals surface area contributed by atoms with Crippen molar-refractivity contribution in [1.29, 1.82) is 0 Å². The number of nitrogens with zero attached hydrogens (tertiary/aromatic N) is 2. The fourth-order valence-corrected chi connectivity index (χ4v) is 5.60. The summed E-state index contributed by atoms with van der Waals surface area (Å²) in [5, 5.41) is 4.35.